The lowest BCUT2D eigenvalue weighted by molar-refractivity contribution is 0.0972. The number of halogens is 1. The van der Waals surface area contributed by atoms with Crippen LogP contribution in [0.2, 0.25) is 0 Å². The van der Waals surface area contributed by atoms with Gasteiger partial charge in [0.05, 0.1) is 12.2 Å². The van der Waals surface area contributed by atoms with Crippen LogP contribution >= 0.6 is 28.1 Å². The Morgan fingerprint density at radius 1 is 0.912 bits per heavy atom. The first-order valence-corrected chi connectivity index (χ1v) is 12.0. The zero-order chi connectivity index (χ0) is 24.5. The summed E-state index contributed by atoms with van der Waals surface area (Å²) < 4.78 is 6.59. The summed E-state index contributed by atoms with van der Waals surface area (Å²) in [5.41, 5.74) is 2.28. The monoisotopic (exact) mass is 539 g/mol. The van der Waals surface area contributed by atoms with Gasteiger partial charge in [-0.1, -0.05) is 48.0 Å². The lowest BCUT2D eigenvalue weighted by Crippen LogP contribution is -2.34. The summed E-state index contributed by atoms with van der Waals surface area (Å²) in [6, 6.07) is 21.3. The van der Waals surface area contributed by atoms with Crippen molar-refractivity contribution in [2.75, 3.05) is 17.2 Å². The quantitative estimate of drug-likeness (QED) is 0.294. The van der Waals surface area contributed by atoms with Crippen LogP contribution in [0.1, 0.15) is 41.0 Å². The van der Waals surface area contributed by atoms with Crippen LogP contribution in [0, 0.1) is 5.92 Å². The lowest BCUT2D eigenvalue weighted by atomic mass is 10.1. The van der Waals surface area contributed by atoms with E-state index in [1.54, 1.807) is 48.5 Å². The molecule has 3 rings (SSSR count). The van der Waals surface area contributed by atoms with Gasteiger partial charge in [-0.15, -0.1) is 0 Å². The van der Waals surface area contributed by atoms with Crippen molar-refractivity contribution in [3.63, 3.8) is 0 Å². The maximum atomic E-state index is 12.8. The van der Waals surface area contributed by atoms with Crippen molar-refractivity contribution in [3.05, 3.63) is 88.4 Å². The second kappa shape index (κ2) is 12.3. The maximum absolute atomic E-state index is 12.8. The Morgan fingerprint density at radius 3 is 2.21 bits per heavy atom. The molecule has 0 aliphatic heterocycles. The number of rotatable bonds is 8. The van der Waals surface area contributed by atoms with Gasteiger partial charge in [0.1, 0.15) is 5.75 Å². The molecule has 0 aliphatic rings. The highest BCUT2D eigenvalue weighted by Crippen LogP contribution is 2.24. The van der Waals surface area contributed by atoms with Crippen LogP contribution in [0.4, 0.5) is 11.4 Å². The minimum absolute atomic E-state index is 0.152. The lowest BCUT2D eigenvalue weighted by Gasteiger charge is -2.14. The van der Waals surface area contributed by atoms with Crippen molar-refractivity contribution in [2.24, 2.45) is 5.92 Å². The number of ether oxygens (including phenoxy) is 1. The van der Waals surface area contributed by atoms with Gasteiger partial charge in [-0.25, -0.2) is 0 Å². The molecule has 0 radical (unpaired) electrons. The molecule has 34 heavy (non-hydrogen) atoms. The van der Waals surface area contributed by atoms with Gasteiger partial charge in [-0.2, -0.15) is 0 Å². The van der Waals surface area contributed by atoms with Crippen molar-refractivity contribution in [3.8, 4) is 5.75 Å². The molecule has 0 atom stereocenters. The molecule has 0 saturated heterocycles. The second-order valence-electron chi connectivity index (χ2n) is 7.98. The highest BCUT2D eigenvalue weighted by Gasteiger charge is 2.15. The molecule has 0 bridgehead atoms. The van der Waals surface area contributed by atoms with Gasteiger partial charge in [0, 0.05) is 21.4 Å². The molecule has 0 aromatic heterocycles. The zero-order valence-corrected chi connectivity index (χ0v) is 21.3. The summed E-state index contributed by atoms with van der Waals surface area (Å²) in [7, 11) is 0. The summed E-state index contributed by atoms with van der Waals surface area (Å²) in [5.74, 6) is 0.444. The van der Waals surface area contributed by atoms with E-state index in [4.69, 9.17) is 17.0 Å². The first-order valence-electron chi connectivity index (χ1n) is 10.8. The van der Waals surface area contributed by atoms with Gasteiger partial charge < -0.3 is 15.4 Å². The van der Waals surface area contributed by atoms with Crippen LogP contribution in [0.25, 0.3) is 0 Å². The number of hydrogen-bond donors (Lipinski definition) is 3. The predicted molar refractivity (Wildman–Crippen MR) is 144 cm³/mol. The van der Waals surface area contributed by atoms with E-state index in [-0.39, 0.29) is 16.9 Å². The maximum Gasteiger partial charge on any atom is 0.261 e. The molecule has 3 N–H and O–H groups in total. The molecule has 2 amide bonds. The molecule has 176 valence electrons. The Kier molecular flexibility index (Phi) is 9.18. The average molecular weight is 540 g/mol. The molecular weight excluding hydrogens is 514 g/mol. The minimum Gasteiger partial charge on any atom is -0.493 e. The van der Waals surface area contributed by atoms with Gasteiger partial charge in [0.2, 0.25) is 0 Å². The van der Waals surface area contributed by atoms with Crippen molar-refractivity contribution in [2.45, 2.75) is 20.3 Å². The number of carbonyl (C=O) groups excluding carboxylic acids is 2. The SMILES string of the molecule is CC(C)CCOc1ccc(Br)cc1C(=O)NC(=S)Nc1ccc(NC(=O)c2ccccc2)cc1. The third-order valence-electron chi connectivity index (χ3n) is 4.80. The Morgan fingerprint density at radius 2 is 1.56 bits per heavy atom. The van der Waals surface area contributed by atoms with E-state index >= 15 is 0 Å². The predicted octanol–water partition coefficient (Wildman–Crippen LogP) is 6.25. The number of thiocarbonyl (C=S) groups is 1. The van der Waals surface area contributed by atoms with E-state index in [9.17, 15) is 9.59 Å². The first-order chi connectivity index (χ1) is 16.3. The molecule has 0 saturated carbocycles. The molecule has 0 heterocycles. The van der Waals surface area contributed by atoms with Crippen molar-refractivity contribution in [1.29, 1.82) is 0 Å². The smallest absolute Gasteiger partial charge is 0.261 e. The third-order valence-corrected chi connectivity index (χ3v) is 5.50. The van der Waals surface area contributed by atoms with Crippen molar-refractivity contribution < 1.29 is 14.3 Å². The highest BCUT2D eigenvalue weighted by atomic mass is 79.9. The third kappa shape index (κ3) is 7.67. The summed E-state index contributed by atoms with van der Waals surface area (Å²) in [6.45, 7) is 4.76. The van der Waals surface area contributed by atoms with Crippen LogP contribution in [0.5, 0.6) is 5.75 Å². The highest BCUT2D eigenvalue weighted by molar-refractivity contribution is 9.10. The van der Waals surface area contributed by atoms with E-state index < -0.39 is 0 Å². The van der Waals surface area contributed by atoms with Crippen LogP contribution < -0.4 is 20.7 Å². The molecule has 0 aliphatic carbocycles. The fraction of sp³-hybridized carbons (Fsp3) is 0.192. The fourth-order valence-corrected chi connectivity index (χ4v) is 3.54. The van der Waals surface area contributed by atoms with E-state index in [0.29, 0.717) is 40.8 Å². The van der Waals surface area contributed by atoms with Gasteiger partial charge >= 0.3 is 0 Å². The van der Waals surface area contributed by atoms with Crippen molar-refractivity contribution in [1.82, 2.24) is 5.32 Å². The topological polar surface area (TPSA) is 79.5 Å². The van der Waals surface area contributed by atoms with E-state index in [1.807, 2.05) is 24.3 Å². The Labute approximate surface area is 213 Å². The summed E-state index contributed by atoms with van der Waals surface area (Å²) in [6.07, 6.45) is 0.888. The first kappa shape index (κ1) is 25.4. The summed E-state index contributed by atoms with van der Waals surface area (Å²) in [4.78, 5) is 25.1. The molecular formula is C26H26BrN3O3S. The van der Waals surface area contributed by atoms with Crippen LogP contribution in [0.3, 0.4) is 0 Å². The van der Waals surface area contributed by atoms with E-state index in [1.165, 1.54) is 0 Å². The second-order valence-corrected chi connectivity index (χ2v) is 9.30. The number of carbonyl (C=O) groups is 2. The molecule has 0 fully saturated rings. The summed E-state index contributed by atoms with van der Waals surface area (Å²) in [5, 5.41) is 8.66. The number of nitrogens with one attached hydrogen (secondary N) is 3. The molecule has 8 heteroatoms. The van der Waals surface area contributed by atoms with Gasteiger partial charge in [0.15, 0.2) is 5.11 Å². The molecule has 3 aromatic carbocycles. The van der Waals surface area contributed by atoms with Gasteiger partial charge in [-0.3, -0.25) is 14.9 Å². The van der Waals surface area contributed by atoms with Crippen LogP contribution in [-0.2, 0) is 0 Å². The minimum atomic E-state index is -0.370. The Bertz CT molecular complexity index is 1150. The molecule has 0 unspecified atom stereocenters. The molecule has 6 nitrogen and oxygen atoms in total. The van der Waals surface area contributed by atoms with Gasteiger partial charge in [0.25, 0.3) is 11.8 Å². The number of hydrogen-bond acceptors (Lipinski definition) is 4. The largest absolute Gasteiger partial charge is 0.493 e. The Balaban J connectivity index is 1.57. The van der Waals surface area contributed by atoms with Gasteiger partial charge in [-0.05, 0) is 79.2 Å². The molecule has 0 spiro atoms. The zero-order valence-electron chi connectivity index (χ0n) is 18.9. The van der Waals surface area contributed by atoms with Crippen LogP contribution in [-0.4, -0.2) is 23.5 Å². The van der Waals surface area contributed by atoms with Crippen molar-refractivity contribution >= 4 is 56.4 Å². The van der Waals surface area contributed by atoms with Crippen LogP contribution in [0.15, 0.2) is 77.3 Å². The number of anilines is 2. The summed E-state index contributed by atoms with van der Waals surface area (Å²) >= 11 is 8.71. The number of amides is 2. The Hall–Kier alpha value is -3.23. The number of benzene rings is 3. The average Bonchev–Trinajstić information content (AvgIpc) is 2.81. The van der Waals surface area contributed by atoms with E-state index in [2.05, 4.69) is 45.7 Å². The molecule has 3 aromatic rings. The van der Waals surface area contributed by atoms with E-state index in [0.717, 1.165) is 10.9 Å². The fourth-order valence-electron chi connectivity index (χ4n) is 2.97. The normalized spacial score (nSPS) is 10.5. The standard InChI is InChI=1S/C26H26BrN3O3S/c1-17(2)14-15-33-23-13-8-19(27)16-22(23)25(32)30-26(34)29-21-11-9-20(10-12-21)28-24(31)18-6-4-3-5-7-18/h3-13,16-17H,14-15H2,1-2H3,(H,28,31)(H2,29,30,32,34).